The van der Waals surface area contributed by atoms with E-state index in [1.165, 1.54) is 12.8 Å². The topological polar surface area (TPSA) is 35.5 Å². The summed E-state index contributed by atoms with van der Waals surface area (Å²) in [6, 6.07) is 3.97. The van der Waals surface area contributed by atoms with Gasteiger partial charge >= 0.3 is 5.97 Å². The van der Waals surface area contributed by atoms with E-state index in [4.69, 9.17) is 9.78 Å². The molecule has 0 bridgehead atoms. The van der Waals surface area contributed by atoms with E-state index in [-0.39, 0.29) is 0 Å². The molecule has 0 fully saturated rings. The van der Waals surface area contributed by atoms with Gasteiger partial charge < -0.3 is 0 Å². The predicted molar refractivity (Wildman–Crippen MR) is 85.3 cm³/mol. The van der Waals surface area contributed by atoms with Gasteiger partial charge in [0.2, 0.25) is 0 Å². The molecule has 3 heteroatoms. The molecule has 0 aliphatic heterocycles. The van der Waals surface area contributed by atoms with E-state index in [0.717, 1.165) is 29.5 Å². The zero-order valence-electron chi connectivity index (χ0n) is 14.0. The summed E-state index contributed by atoms with van der Waals surface area (Å²) < 4.78 is 0. The van der Waals surface area contributed by atoms with Gasteiger partial charge in [0, 0.05) is 0 Å². The zero-order chi connectivity index (χ0) is 15.8. The Morgan fingerprint density at radius 2 is 1.76 bits per heavy atom. The van der Waals surface area contributed by atoms with Crippen LogP contribution in [0, 0.1) is 26.7 Å². The summed E-state index contributed by atoms with van der Waals surface area (Å²) in [5, 5.41) is 0. The Balaban J connectivity index is 2.54. The average molecular weight is 292 g/mol. The molecule has 0 saturated heterocycles. The third-order valence-corrected chi connectivity index (χ3v) is 3.86. The van der Waals surface area contributed by atoms with Crippen LogP contribution in [-0.2, 0) is 9.78 Å². The first-order chi connectivity index (χ1) is 9.99. The summed E-state index contributed by atoms with van der Waals surface area (Å²) in [7, 11) is 0. The van der Waals surface area contributed by atoms with Crippen molar-refractivity contribution in [3.05, 3.63) is 34.4 Å². The summed E-state index contributed by atoms with van der Waals surface area (Å²) in [6.45, 7) is 10.7. The summed E-state index contributed by atoms with van der Waals surface area (Å²) in [6.07, 6.45) is 4.53. The quantitative estimate of drug-likeness (QED) is 0.504. The van der Waals surface area contributed by atoms with Gasteiger partial charge in [0.25, 0.3) is 0 Å². The van der Waals surface area contributed by atoms with E-state index >= 15 is 0 Å². The van der Waals surface area contributed by atoms with Crippen LogP contribution in [0.1, 0.15) is 66.6 Å². The van der Waals surface area contributed by atoms with Crippen molar-refractivity contribution in [2.75, 3.05) is 6.61 Å². The lowest BCUT2D eigenvalue weighted by molar-refractivity contribution is -0.249. The molecule has 0 aliphatic carbocycles. The number of hydrogen-bond donors (Lipinski definition) is 0. The Morgan fingerprint density at radius 3 is 2.29 bits per heavy atom. The third kappa shape index (κ3) is 5.50. The number of hydrogen-bond acceptors (Lipinski definition) is 3. The maximum Gasteiger partial charge on any atom is 0.373 e. The van der Waals surface area contributed by atoms with Crippen LogP contribution in [0.3, 0.4) is 0 Å². The maximum atomic E-state index is 12.1. The van der Waals surface area contributed by atoms with E-state index in [9.17, 15) is 4.79 Å². The maximum absolute atomic E-state index is 12.1. The monoisotopic (exact) mass is 292 g/mol. The number of carbonyl (C=O) groups is 1. The number of benzene rings is 1. The van der Waals surface area contributed by atoms with Crippen LogP contribution in [0.25, 0.3) is 0 Å². The summed E-state index contributed by atoms with van der Waals surface area (Å²) in [5.41, 5.74) is 3.62. The van der Waals surface area contributed by atoms with Gasteiger partial charge in [-0.2, -0.15) is 4.89 Å². The number of aryl methyl sites for hydroxylation is 3. The van der Waals surface area contributed by atoms with Gasteiger partial charge in [-0.25, -0.2) is 4.79 Å². The third-order valence-electron chi connectivity index (χ3n) is 3.86. The summed E-state index contributed by atoms with van der Waals surface area (Å²) in [4.78, 5) is 22.3. The first-order valence-electron chi connectivity index (χ1n) is 7.91. The minimum atomic E-state index is -0.393. The Hall–Kier alpha value is -1.35. The second-order valence-electron chi connectivity index (χ2n) is 5.85. The fourth-order valence-electron chi connectivity index (χ4n) is 2.63. The number of unbranched alkanes of at least 4 members (excludes halogenated alkanes) is 1. The fraction of sp³-hybridized carbons (Fsp3) is 0.611. The first-order valence-corrected chi connectivity index (χ1v) is 7.91. The Morgan fingerprint density at radius 1 is 1.14 bits per heavy atom. The predicted octanol–water partition coefficient (Wildman–Crippen LogP) is 4.92. The van der Waals surface area contributed by atoms with Crippen molar-refractivity contribution in [1.29, 1.82) is 0 Å². The molecule has 0 heterocycles. The van der Waals surface area contributed by atoms with Crippen LogP contribution in [0.4, 0.5) is 0 Å². The minimum absolute atomic E-state index is 0.393. The van der Waals surface area contributed by atoms with Crippen molar-refractivity contribution >= 4 is 5.97 Å². The van der Waals surface area contributed by atoms with Gasteiger partial charge in [-0.15, -0.1) is 0 Å². The Labute approximate surface area is 128 Å². The van der Waals surface area contributed by atoms with Gasteiger partial charge in [0.1, 0.15) is 0 Å². The fourth-order valence-corrected chi connectivity index (χ4v) is 2.63. The van der Waals surface area contributed by atoms with Crippen LogP contribution >= 0.6 is 0 Å². The Bertz CT molecular complexity index is 443. The molecule has 0 radical (unpaired) electrons. The highest BCUT2D eigenvalue weighted by Crippen LogP contribution is 2.18. The second-order valence-corrected chi connectivity index (χ2v) is 5.85. The molecule has 1 aromatic carbocycles. The molecule has 0 saturated carbocycles. The smallest absolute Gasteiger partial charge is 0.293 e. The molecule has 0 aromatic heterocycles. The molecule has 0 aliphatic rings. The van der Waals surface area contributed by atoms with E-state index < -0.39 is 5.97 Å². The van der Waals surface area contributed by atoms with Gasteiger partial charge in [0.05, 0.1) is 12.2 Å². The van der Waals surface area contributed by atoms with Crippen molar-refractivity contribution in [1.82, 2.24) is 0 Å². The lowest BCUT2D eigenvalue weighted by atomic mass is 10.0. The van der Waals surface area contributed by atoms with Crippen LogP contribution < -0.4 is 0 Å². The van der Waals surface area contributed by atoms with E-state index in [1.807, 2.05) is 32.9 Å². The van der Waals surface area contributed by atoms with Crippen molar-refractivity contribution in [3.8, 4) is 0 Å². The van der Waals surface area contributed by atoms with E-state index in [2.05, 4.69) is 13.8 Å². The molecule has 1 aromatic rings. The van der Waals surface area contributed by atoms with Crippen molar-refractivity contribution in [2.45, 2.75) is 60.3 Å². The standard InChI is InChI=1S/C18H28O3/c1-6-8-9-16(7-2)12-20-21-18(19)17-14(4)10-13(3)11-15(17)5/h10-11,16H,6-9,12H2,1-5H3. The highest BCUT2D eigenvalue weighted by atomic mass is 17.2. The van der Waals surface area contributed by atoms with Crippen molar-refractivity contribution < 1.29 is 14.6 Å². The zero-order valence-corrected chi connectivity index (χ0v) is 14.0. The molecule has 1 unspecified atom stereocenters. The lowest BCUT2D eigenvalue weighted by Gasteiger charge is -2.14. The molecule has 3 nitrogen and oxygen atoms in total. The first kappa shape index (κ1) is 17.7. The average Bonchev–Trinajstić information content (AvgIpc) is 2.41. The van der Waals surface area contributed by atoms with Crippen LogP contribution in [-0.4, -0.2) is 12.6 Å². The minimum Gasteiger partial charge on any atom is -0.293 e. The lowest BCUT2D eigenvalue weighted by Crippen LogP contribution is -2.14. The van der Waals surface area contributed by atoms with E-state index in [1.54, 1.807) is 0 Å². The molecule has 21 heavy (non-hydrogen) atoms. The number of rotatable bonds is 8. The second kappa shape index (κ2) is 8.83. The van der Waals surface area contributed by atoms with Gasteiger partial charge in [0.15, 0.2) is 0 Å². The molecule has 0 spiro atoms. The summed E-state index contributed by atoms with van der Waals surface area (Å²) in [5.74, 6) is 0.0632. The van der Waals surface area contributed by atoms with Crippen LogP contribution in [0.5, 0.6) is 0 Å². The van der Waals surface area contributed by atoms with Crippen molar-refractivity contribution in [2.24, 2.45) is 5.92 Å². The SMILES string of the molecule is CCCCC(CC)COOC(=O)c1c(C)cc(C)cc1C. The molecule has 0 amide bonds. The van der Waals surface area contributed by atoms with Crippen molar-refractivity contribution in [3.63, 3.8) is 0 Å². The van der Waals surface area contributed by atoms with Gasteiger partial charge in [-0.3, -0.25) is 4.89 Å². The van der Waals surface area contributed by atoms with E-state index in [0.29, 0.717) is 18.1 Å². The summed E-state index contributed by atoms with van der Waals surface area (Å²) >= 11 is 0. The highest BCUT2D eigenvalue weighted by Gasteiger charge is 2.16. The molecular formula is C18H28O3. The Kier molecular flexibility index (Phi) is 7.44. The molecule has 1 atom stereocenters. The largest absolute Gasteiger partial charge is 0.373 e. The van der Waals surface area contributed by atoms with Gasteiger partial charge in [-0.05, 0) is 44.2 Å². The molecule has 118 valence electrons. The number of carbonyl (C=O) groups excluding carboxylic acids is 1. The molecule has 0 N–H and O–H groups in total. The normalized spacial score (nSPS) is 12.2. The van der Waals surface area contributed by atoms with Crippen LogP contribution in [0.15, 0.2) is 12.1 Å². The van der Waals surface area contributed by atoms with Gasteiger partial charge in [-0.1, -0.05) is 50.8 Å². The molecule has 1 rings (SSSR count). The van der Waals surface area contributed by atoms with Crippen LogP contribution in [0.2, 0.25) is 0 Å². The highest BCUT2D eigenvalue weighted by molar-refractivity contribution is 5.92. The molecular weight excluding hydrogens is 264 g/mol.